The highest BCUT2D eigenvalue weighted by Crippen LogP contribution is 2.55. The van der Waals surface area contributed by atoms with E-state index in [9.17, 15) is 9.59 Å². The van der Waals surface area contributed by atoms with Crippen LogP contribution in [0.5, 0.6) is 11.5 Å². The van der Waals surface area contributed by atoms with Gasteiger partial charge in [0.15, 0.2) is 11.6 Å². The minimum Gasteiger partial charge on any atom is -0.485 e. The van der Waals surface area contributed by atoms with E-state index in [0.717, 1.165) is 36.5 Å². The normalized spacial score (nSPS) is 17.1. The number of hydrogen-bond acceptors (Lipinski definition) is 9. The van der Waals surface area contributed by atoms with Crippen LogP contribution in [0, 0.1) is 48.8 Å². The van der Waals surface area contributed by atoms with Gasteiger partial charge in [-0.1, -0.05) is 37.0 Å². The predicted molar refractivity (Wildman–Crippen MR) is 218 cm³/mol. The smallest absolute Gasteiger partial charge is 0.255 e. The van der Waals surface area contributed by atoms with Gasteiger partial charge in [0.1, 0.15) is 30.5 Å². The van der Waals surface area contributed by atoms with Crippen molar-refractivity contribution < 1.29 is 13.9 Å². The molecule has 2 fully saturated rings. The summed E-state index contributed by atoms with van der Waals surface area (Å²) in [5.41, 5.74) is 4.39. The third-order valence-corrected chi connectivity index (χ3v) is 11.2. The van der Waals surface area contributed by atoms with Gasteiger partial charge >= 0.3 is 0 Å². The lowest BCUT2D eigenvalue weighted by atomic mass is 9.76. The fraction of sp³-hybridized carbons (Fsp3) is 0.304. The van der Waals surface area contributed by atoms with E-state index in [0.29, 0.717) is 52.4 Å². The lowest BCUT2D eigenvalue weighted by molar-refractivity contribution is 0.197. The van der Waals surface area contributed by atoms with E-state index < -0.39 is 11.9 Å². The molecule has 1 saturated carbocycles. The standard InChI is InChI=1S/C46H44FN7O4/c1-30-18-37(57-26-42-48-14-6-15-49-42)23-44(55)53(30)25-34-8-5-9-36(20-34)52-28-46(4,29-52)40-22-35(40)12-10-33-11-13-39(41(47)21-33)32(3)54-31(2)19-38(24-45(54)56)58-27-43-50-16-7-17-51-43/h5-9,11,13-21,23-24,32,35,40H,22,25-29H2,1-4H3/t32-,35?,40?/m1/s1. The van der Waals surface area contributed by atoms with E-state index in [-0.39, 0.29) is 35.7 Å². The van der Waals surface area contributed by atoms with Crippen LogP contribution in [-0.4, -0.2) is 42.2 Å². The number of benzene rings is 2. The summed E-state index contributed by atoms with van der Waals surface area (Å²) in [6.07, 6.45) is 7.61. The molecule has 11 nitrogen and oxygen atoms in total. The lowest BCUT2D eigenvalue weighted by Crippen LogP contribution is -2.56. The minimum absolute atomic E-state index is 0.129. The third kappa shape index (κ3) is 8.39. The van der Waals surface area contributed by atoms with Crippen molar-refractivity contribution in [1.82, 2.24) is 29.1 Å². The van der Waals surface area contributed by atoms with Crippen LogP contribution in [0.2, 0.25) is 0 Å². The summed E-state index contributed by atoms with van der Waals surface area (Å²) in [7, 11) is 0. The van der Waals surface area contributed by atoms with Gasteiger partial charge in [-0.25, -0.2) is 24.3 Å². The van der Waals surface area contributed by atoms with Crippen LogP contribution in [0.1, 0.15) is 66.0 Å². The van der Waals surface area contributed by atoms with Crippen molar-refractivity contribution in [3.05, 3.63) is 170 Å². The molecular weight excluding hydrogens is 734 g/mol. The summed E-state index contributed by atoms with van der Waals surface area (Å²) in [5.74, 6) is 8.94. The van der Waals surface area contributed by atoms with Crippen molar-refractivity contribution in [2.45, 2.75) is 59.9 Å². The Bertz CT molecular complexity index is 2630. The zero-order chi connectivity index (χ0) is 40.4. The maximum Gasteiger partial charge on any atom is 0.255 e. The molecule has 12 heteroatoms. The Morgan fingerprint density at radius 1 is 0.810 bits per heavy atom. The second kappa shape index (κ2) is 16.1. The molecule has 4 aromatic heterocycles. The average Bonchev–Trinajstić information content (AvgIpc) is 4.00. The molecule has 5 heterocycles. The Labute approximate surface area is 336 Å². The van der Waals surface area contributed by atoms with Gasteiger partial charge in [0.2, 0.25) is 0 Å². The van der Waals surface area contributed by atoms with Gasteiger partial charge < -0.3 is 23.5 Å². The first-order chi connectivity index (χ1) is 28.0. The Morgan fingerprint density at radius 2 is 1.45 bits per heavy atom. The fourth-order valence-electron chi connectivity index (χ4n) is 8.01. The molecule has 3 atom stereocenters. The number of aromatic nitrogens is 6. The zero-order valence-corrected chi connectivity index (χ0v) is 32.9. The largest absolute Gasteiger partial charge is 0.485 e. The molecule has 2 aromatic carbocycles. The molecule has 1 aliphatic heterocycles. The van der Waals surface area contributed by atoms with Crippen molar-refractivity contribution in [2.75, 3.05) is 18.0 Å². The number of anilines is 1. The van der Waals surface area contributed by atoms with Crippen molar-refractivity contribution >= 4 is 5.69 Å². The number of halogens is 1. The van der Waals surface area contributed by atoms with E-state index >= 15 is 4.39 Å². The van der Waals surface area contributed by atoms with Gasteiger partial charge in [-0.05, 0) is 87.2 Å². The van der Waals surface area contributed by atoms with Gasteiger partial charge in [-0.3, -0.25) is 9.59 Å². The van der Waals surface area contributed by atoms with Crippen LogP contribution in [0.25, 0.3) is 0 Å². The second-order valence-electron chi connectivity index (χ2n) is 15.5. The van der Waals surface area contributed by atoms with E-state index in [4.69, 9.17) is 9.47 Å². The number of rotatable bonds is 12. The molecule has 0 bridgehead atoms. The number of nitrogens with zero attached hydrogens (tertiary/aromatic N) is 7. The Balaban J connectivity index is 0.853. The highest BCUT2D eigenvalue weighted by molar-refractivity contribution is 5.52. The summed E-state index contributed by atoms with van der Waals surface area (Å²) in [5, 5.41) is 0. The number of pyridine rings is 2. The number of aryl methyl sites for hydroxylation is 2. The maximum atomic E-state index is 15.5. The molecule has 294 valence electrons. The van der Waals surface area contributed by atoms with Crippen LogP contribution in [-0.2, 0) is 19.8 Å². The third-order valence-electron chi connectivity index (χ3n) is 11.2. The first kappa shape index (κ1) is 38.3. The molecule has 0 radical (unpaired) electrons. The molecular formula is C46H44FN7O4. The minimum atomic E-state index is -0.531. The Morgan fingerprint density at radius 3 is 2.07 bits per heavy atom. The average molecular weight is 778 g/mol. The van der Waals surface area contributed by atoms with Crippen molar-refractivity contribution in [1.29, 1.82) is 0 Å². The maximum absolute atomic E-state index is 15.5. The van der Waals surface area contributed by atoms with Crippen molar-refractivity contribution in [2.24, 2.45) is 17.3 Å². The van der Waals surface area contributed by atoms with Crippen LogP contribution >= 0.6 is 0 Å². The van der Waals surface area contributed by atoms with E-state index in [1.807, 2.05) is 38.1 Å². The highest BCUT2D eigenvalue weighted by atomic mass is 19.1. The molecule has 2 aliphatic rings. The number of hydrogen-bond donors (Lipinski definition) is 0. The van der Waals surface area contributed by atoms with Gasteiger partial charge in [-0.2, -0.15) is 0 Å². The molecule has 0 amide bonds. The van der Waals surface area contributed by atoms with E-state index in [2.05, 4.69) is 55.7 Å². The Hall–Kier alpha value is -6.61. The molecule has 8 rings (SSSR count). The Kier molecular flexibility index (Phi) is 10.6. The van der Waals surface area contributed by atoms with Gasteiger partial charge in [0.05, 0.1) is 12.6 Å². The molecule has 1 aliphatic carbocycles. The highest BCUT2D eigenvalue weighted by Gasteiger charge is 2.55. The summed E-state index contributed by atoms with van der Waals surface area (Å²) in [6, 6.07) is 22.9. The van der Waals surface area contributed by atoms with Crippen LogP contribution in [0.4, 0.5) is 10.1 Å². The lowest BCUT2D eigenvalue weighted by Gasteiger charge is -2.50. The second-order valence-corrected chi connectivity index (χ2v) is 15.5. The SMILES string of the molecule is Cc1cc(OCc2ncccn2)cc(=O)n1Cc1cccc(N2CC(C)(C3CC3C#Cc3ccc([C@@H](C)n4c(C)cc(OCc5ncccn5)cc4=O)c(F)c3)C2)c1. The molecule has 0 spiro atoms. The predicted octanol–water partition coefficient (Wildman–Crippen LogP) is 6.68. The van der Waals surface area contributed by atoms with E-state index in [1.54, 1.807) is 65.1 Å². The van der Waals surface area contributed by atoms with Crippen molar-refractivity contribution in [3.63, 3.8) is 0 Å². The molecule has 0 N–H and O–H groups in total. The molecule has 58 heavy (non-hydrogen) atoms. The quantitative estimate of drug-likeness (QED) is 0.126. The zero-order valence-electron chi connectivity index (χ0n) is 32.9. The summed E-state index contributed by atoms with van der Waals surface area (Å²) in [6.45, 7) is 10.5. The van der Waals surface area contributed by atoms with Gasteiger partial charge in [0.25, 0.3) is 11.1 Å². The summed E-state index contributed by atoms with van der Waals surface area (Å²) >= 11 is 0. The van der Waals surface area contributed by atoms with Gasteiger partial charge in [-0.15, -0.1) is 0 Å². The number of ether oxygens (including phenoxy) is 2. The van der Waals surface area contributed by atoms with Crippen LogP contribution < -0.4 is 25.5 Å². The first-order valence-corrected chi connectivity index (χ1v) is 19.4. The molecule has 6 aromatic rings. The fourth-order valence-corrected chi connectivity index (χ4v) is 8.01. The topological polar surface area (TPSA) is 117 Å². The summed E-state index contributed by atoms with van der Waals surface area (Å²) in [4.78, 5) is 45.2. The van der Waals surface area contributed by atoms with Crippen LogP contribution in [0.15, 0.2) is 113 Å². The monoisotopic (exact) mass is 777 g/mol. The first-order valence-electron chi connectivity index (χ1n) is 19.4. The van der Waals surface area contributed by atoms with Crippen molar-refractivity contribution in [3.8, 4) is 23.3 Å². The summed E-state index contributed by atoms with van der Waals surface area (Å²) < 4.78 is 30.4. The van der Waals surface area contributed by atoms with E-state index in [1.165, 1.54) is 18.2 Å². The molecule has 2 unspecified atom stereocenters. The van der Waals surface area contributed by atoms with Crippen LogP contribution in [0.3, 0.4) is 0 Å². The molecule has 1 saturated heterocycles. The van der Waals surface area contributed by atoms with Gasteiger partial charge in [0, 0.05) is 89.5 Å².